The standard InChI is InChI=1S/C14H23FN2/c1-4-5-16-6-7-17(3)11-13-8-12(2)9-14(15)10-13/h8-10,16H,4-7,11H2,1-3H3. The highest BCUT2D eigenvalue weighted by Crippen LogP contribution is 2.09. The Kier molecular flexibility index (Phi) is 6.16. The molecular formula is C14H23FN2. The Hall–Kier alpha value is -0.930. The van der Waals surface area contributed by atoms with Crippen LogP contribution in [0.15, 0.2) is 18.2 Å². The first kappa shape index (κ1) is 14.1. The summed E-state index contributed by atoms with van der Waals surface area (Å²) in [4.78, 5) is 2.21. The summed E-state index contributed by atoms with van der Waals surface area (Å²) in [7, 11) is 2.06. The van der Waals surface area contributed by atoms with Crippen molar-refractivity contribution in [1.29, 1.82) is 0 Å². The van der Waals surface area contributed by atoms with Crippen LogP contribution in [0.4, 0.5) is 4.39 Å². The van der Waals surface area contributed by atoms with Crippen molar-refractivity contribution in [3.05, 3.63) is 35.1 Å². The van der Waals surface area contributed by atoms with Crippen LogP contribution in [0.3, 0.4) is 0 Å². The van der Waals surface area contributed by atoms with Crippen molar-refractivity contribution in [2.24, 2.45) is 0 Å². The number of aryl methyl sites for hydroxylation is 1. The van der Waals surface area contributed by atoms with Gasteiger partial charge >= 0.3 is 0 Å². The van der Waals surface area contributed by atoms with E-state index in [4.69, 9.17) is 0 Å². The third-order valence-corrected chi connectivity index (χ3v) is 2.65. The fourth-order valence-electron chi connectivity index (χ4n) is 1.87. The first-order valence-electron chi connectivity index (χ1n) is 6.27. The van der Waals surface area contributed by atoms with Crippen LogP contribution < -0.4 is 5.32 Å². The summed E-state index contributed by atoms with van der Waals surface area (Å²) in [5.74, 6) is -0.141. The second-order valence-electron chi connectivity index (χ2n) is 4.62. The molecule has 0 bridgehead atoms. The van der Waals surface area contributed by atoms with E-state index in [2.05, 4.69) is 24.2 Å². The highest BCUT2D eigenvalue weighted by Gasteiger charge is 2.02. The van der Waals surface area contributed by atoms with E-state index >= 15 is 0 Å². The van der Waals surface area contributed by atoms with Crippen LogP contribution in [0.2, 0.25) is 0 Å². The molecule has 0 amide bonds. The molecule has 0 saturated heterocycles. The fourth-order valence-corrected chi connectivity index (χ4v) is 1.87. The molecule has 0 saturated carbocycles. The molecule has 0 aliphatic rings. The molecule has 1 rings (SSSR count). The van der Waals surface area contributed by atoms with E-state index in [1.165, 1.54) is 0 Å². The van der Waals surface area contributed by atoms with Gasteiger partial charge in [0.1, 0.15) is 5.82 Å². The summed E-state index contributed by atoms with van der Waals surface area (Å²) in [6.45, 7) is 7.91. The molecule has 1 aromatic rings. The summed E-state index contributed by atoms with van der Waals surface area (Å²) >= 11 is 0. The Bertz CT molecular complexity index is 319. The molecule has 0 spiro atoms. The van der Waals surface area contributed by atoms with Crippen LogP contribution in [0.1, 0.15) is 24.5 Å². The predicted octanol–water partition coefficient (Wildman–Crippen LogP) is 2.57. The minimum atomic E-state index is -0.141. The Morgan fingerprint density at radius 3 is 2.65 bits per heavy atom. The minimum absolute atomic E-state index is 0.141. The summed E-state index contributed by atoms with van der Waals surface area (Å²) in [5.41, 5.74) is 2.03. The van der Waals surface area contributed by atoms with E-state index in [0.717, 1.165) is 43.7 Å². The van der Waals surface area contributed by atoms with E-state index in [9.17, 15) is 4.39 Å². The van der Waals surface area contributed by atoms with Gasteiger partial charge in [-0.1, -0.05) is 13.0 Å². The number of nitrogens with zero attached hydrogens (tertiary/aromatic N) is 1. The maximum Gasteiger partial charge on any atom is 0.123 e. The van der Waals surface area contributed by atoms with Gasteiger partial charge in [0.2, 0.25) is 0 Å². The molecule has 0 unspecified atom stereocenters. The third kappa shape index (κ3) is 5.80. The lowest BCUT2D eigenvalue weighted by molar-refractivity contribution is 0.324. The fraction of sp³-hybridized carbons (Fsp3) is 0.571. The lowest BCUT2D eigenvalue weighted by Gasteiger charge is -2.17. The quantitative estimate of drug-likeness (QED) is 0.734. The molecule has 0 aliphatic heterocycles. The van der Waals surface area contributed by atoms with Gasteiger partial charge in [-0.15, -0.1) is 0 Å². The number of halogens is 1. The number of nitrogens with one attached hydrogen (secondary N) is 1. The van der Waals surface area contributed by atoms with Gasteiger partial charge in [-0.3, -0.25) is 0 Å². The van der Waals surface area contributed by atoms with E-state index in [0.29, 0.717) is 0 Å². The van der Waals surface area contributed by atoms with Crippen molar-refractivity contribution in [1.82, 2.24) is 10.2 Å². The van der Waals surface area contributed by atoms with Gasteiger partial charge in [-0.25, -0.2) is 4.39 Å². The number of rotatable bonds is 7. The van der Waals surface area contributed by atoms with Gasteiger partial charge in [0, 0.05) is 19.6 Å². The van der Waals surface area contributed by atoms with Crippen LogP contribution in [-0.2, 0) is 6.54 Å². The molecule has 1 N–H and O–H groups in total. The van der Waals surface area contributed by atoms with Crippen LogP contribution in [-0.4, -0.2) is 31.6 Å². The van der Waals surface area contributed by atoms with Gasteiger partial charge in [0.05, 0.1) is 0 Å². The Morgan fingerprint density at radius 1 is 1.24 bits per heavy atom. The van der Waals surface area contributed by atoms with Crippen molar-refractivity contribution < 1.29 is 4.39 Å². The summed E-state index contributed by atoms with van der Waals surface area (Å²) < 4.78 is 13.2. The molecule has 0 atom stereocenters. The highest BCUT2D eigenvalue weighted by molar-refractivity contribution is 5.23. The Morgan fingerprint density at radius 2 is 2.00 bits per heavy atom. The van der Waals surface area contributed by atoms with Gasteiger partial charge in [-0.2, -0.15) is 0 Å². The number of hydrogen-bond acceptors (Lipinski definition) is 2. The van der Waals surface area contributed by atoms with Crippen LogP contribution in [0, 0.1) is 12.7 Å². The van der Waals surface area contributed by atoms with E-state index < -0.39 is 0 Å². The van der Waals surface area contributed by atoms with E-state index in [1.807, 2.05) is 13.0 Å². The molecule has 0 aromatic heterocycles. The second kappa shape index (κ2) is 7.41. The van der Waals surface area contributed by atoms with Crippen LogP contribution >= 0.6 is 0 Å². The van der Waals surface area contributed by atoms with Crippen molar-refractivity contribution in [3.8, 4) is 0 Å². The molecule has 2 nitrogen and oxygen atoms in total. The van der Waals surface area contributed by atoms with Gasteiger partial charge in [0.15, 0.2) is 0 Å². The molecule has 0 heterocycles. The number of benzene rings is 1. The predicted molar refractivity (Wildman–Crippen MR) is 70.6 cm³/mol. The monoisotopic (exact) mass is 238 g/mol. The summed E-state index contributed by atoms with van der Waals surface area (Å²) in [6, 6.07) is 5.22. The Labute approximate surface area is 104 Å². The topological polar surface area (TPSA) is 15.3 Å². The smallest absolute Gasteiger partial charge is 0.123 e. The first-order valence-corrected chi connectivity index (χ1v) is 6.27. The van der Waals surface area contributed by atoms with Crippen molar-refractivity contribution >= 4 is 0 Å². The minimum Gasteiger partial charge on any atom is -0.315 e. The zero-order valence-corrected chi connectivity index (χ0v) is 11.1. The van der Waals surface area contributed by atoms with E-state index in [1.54, 1.807) is 12.1 Å². The van der Waals surface area contributed by atoms with E-state index in [-0.39, 0.29) is 5.82 Å². The first-order chi connectivity index (χ1) is 8.11. The van der Waals surface area contributed by atoms with Crippen molar-refractivity contribution in [2.45, 2.75) is 26.8 Å². The largest absolute Gasteiger partial charge is 0.315 e. The van der Waals surface area contributed by atoms with Crippen molar-refractivity contribution in [3.63, 3.8) is 0 Å². The molecule has 1 aromatic carbocycles. The second-order valence-corrected chi connectivity index (χ2v) is 4.62. The highest BCUT2D eigenvalue weighted by atomic mass is 19.1. The molecule has 0 radical (unpaired) electrons. The zero-order valence-electron chi connectivity index (χ0n) is 11.1. The maximum absolute atomic E-state index is 13.2. The van der Waals surface area contributed by atoms with Crippen molar-refractivity contribution in [2.75, 3.05) is 26.7 Å². The molecule has 96 valence electrons. The van der Waals surface area contributed by atoms with Crippen LogP contribution in [0.25, 0.3) is 0 Å². The molecular weight excluding hydrogens is 215 g/mol. The van der Waals surface area contributed by atoms with Crippen LogP contribution in [0.5, 0.6) is 0 Å². The van der Waals surface area contributed by atoms with Gasteiger partial charge < -0.3 is 10.2 Å². The third-order valence-electron chi connectivity index (χ3n) is 2.65. The average molecular weight is 238 g/mol. The molecule has 17 heavy (non-hydrogen) atoms. The lowest BCUT2D eigenvalue weighted by Crippen LogP contribution is -2.29. The molecule has 0 aliphatic carbocycles. The summed E-state index contributed by atoms with van der Waals surface area (Å²) in [5, 5.41) is 3.36. The Balaban J connectivity index is 2.36. The number of likely N-dealkylation sites (N-methyl/N-ethyl adjacent to an activating group) is 1. The van der Waals surface area contributed by atoms with Gasteiger partial charge in [-0.05, 0) is 50.2 Å². The normalized spacial score (nSPS) is 11.1. The molecule has 3 heteroatoms. The number of hydrogen-bond donors (Lipinski definition) is 1. The zero-order chi connectivity index (χ0) is 12.7. The average Bonchev–Trinajstić information content (AvgIpc) is 2.23. The SMILES string of the molecule is CCCNCCN(C)Cc1cc(C)cc(F)c1. The maximum atomic E-state index is 13.2. The summed E-state index contributed by atoms with van der Waals surface area (Å²) in [6.07, 6.45) is 1.16. The van der Waals surface area contributed by atoms with Gasteiger partial charge in [0.25, 0.3) is 0 Å². The lowest BCUT2D eigenvalue weighted by atomic mass is 10.1. The molecule has 0 fully saturated rings.